The number of rotatable bonds is 3. The zero-order valence-corrected chi connectivity index (χ0v) is 7.87. The number of hydrogen-bond acceptors (Lipinski definition) is 3. The molecule has 0 radical (unpaired) electrons. The van der Waals surface area contributed by atoms with Crippen LogP contribution in [0.4, 0.5) is 10.1 Å². The summed E-state index contributed by atoms with van der Waals surface area (Å²) in [5.41, 5.74) is 5.12. The predicted octanol–water partition coefficient (Wildman–Crippen LogP) is 2.22. The molecule has 2 N–H and O–H groups in total. The Hall–Kier alpha value is -1.20. The van der Waals surface area contributed by atoms with Crippen LogP contribution in [0.1, 0.15) is 11.7 Å². The van der Waals surface area contributed by atoms with Crippen molar-refractivity contribution in [2.75, 3.05) is 6.54 Å². The first kappa shape index (κ1) is 10.9. The minimum absolute atomic E-state index is 0.0800. The molecular formula is C8H8ClFN2O2. The molecule has 1 atom stereocenters. The molecule has 0 spiro atoms. The van der Waals surface area contributed by atoms with Crippen molar-refractivity contribution < 1.29 is 9.31 Å². The number of halogens is 2. The quantitative estimate of drug-likeness (QED) is 0.625. The van der Waals surface area contributed by atoms with Crippen LogP contribution in [-0.4, -0.2) is 11.5 Å². The van der Waals surface area contributed by atoms with Crippen LogP contribution >= 0.6 is 11.6 Å². The number of nitrogens with two attached hydrogens (primary N) is 1. The Morgan fingerprint density at radius 2 is 2.29 bits per heavy atom. The van der Waals surface area contributed by atoms with Gasteiger partial charge in [0.1, 0.15) is 11.2 Å². The van der Waals surface area contributed by atoms with Gasteiger partial charge in [-0.05, 0) is 17.7 Å². The molecule has 1 aromatic rings. The number of benzene rings is 1. The average Bonchev–Trinajstić information content (AvgIpc) is 2.15. The summed E-state index contributed by atoms with van der Waals surface area (Å²) in [4.78, 5) is 9.75. The van der Waals surface area contributed by atoms with E-state index in [2.05, 4.69) is 0 Å². The summed E-state index contributed by atoms with van der Waals surface area (Å²) in [6.07, 6.45) is -1.34. The third-order valence-corrected chi connectivity index (χ3v) is 2.04. The van der Waals surface area contributed by atoms with Gasteiger partial charge in [0.05, 0.1) is 4.92 Å². The SMILES string of the molecule is NCC(F)c1ccc([N+](=O)[O-])c(Cl)c1. The number of nitro groups is 1. The van der Waals surface area contributed by atoms with E-state index in [1.807, 2.05) is 0 Å². The minimum atomic E-state index is -1.34. The van der Waals surface area contributed by atoms with E-state index < -0.39 is 11.1 Å². The third-order valence-electron chi connectivity index (χ3n) is 1.74. The fraction of sp³-hybridized carbons (Fsp3) is 0.250. The number of alkyl halides is 1. The molecule has 0 saturated heterocycles. The lowest BCUT2D eigenvalue weighted by Gasteiger charge is -2.05. The third kappa shape index (κ3) is 2.18. The van der Waals surface area contributed by atoms with Crippen molar-refractivity contribution in [1.82, 2.24) is 0 Å². The fourth-order valence-corrected chi connectivity index (χ4v) is 1.26. The molecule has 1 aromatic carbocycles. The van der Waals surface area contributed by atoms with Gasteiger partial charge in [-0.3, -0.25) is 10.1 Å². The second-order valence-corrected chi connectivity index (χ2v) is 3.08. The summed E-state index contributed by atoms with van der Waals surface area (Å²) in [6, 6.07) is 3.69. The lowest BCUT2D eigenvalue weighted by Crippen LogP contribution is -2.07. The predicted molar refractivity (Wildman–Crippen MR) is 51.0 cm³/mol. The van der Waals surface area contributed by atoms with Crippen LogP contribution < -0.4 is 5.73 Å². The highest BCUT2D eigenvalue weighted by molar-refractivity contribution is 6.32. The Bertz CT molecular complexity index is 359. The van der Waals surface area contributed by atoms with Crippen LogP contribution in [0.2, 0.25) is 5.02 Å². The van der Waals surface area contributed by atoms with Gasteiger partial charge in [-0.2, -0.15) is 0 Å². The van der Waals surface area contributed by atoms with E-state index in [4.69, 9.17) is 17.3 Å². The molecular weight excluding hydrogens is 211 g/mol. The number of hydrogen-bond donors (Lipinski definition) is 1. The molecule has 1 unspecified atom stereocenters. The highest BCUT2D eigenvalue weighted by Gasteiger charge is 2.15. The molecule has 4 nitrogen and oxygen atoms in total. The van der Waals surface area contributed by atoms with Gasteiger partial charge in [0.25, 0.3) is 5.69 Å². The van der Waals surface area contributed by atoms with E-state index in [1.54, 1.807) is 0 Å². The van der Waals surface area contributed by atoms with Crippen molar-refractivity contribution in [1.29, 1.82) is 0 Å². The highest BCUT2D eigenvalue weighted by atomic mass is 35.5. The van der Waals surface area contributed by atoms with E-state index >= 15 is 0 Å². The van der Waals surface area contributed by atoms with E-state index in [0.29, 0.717) is 0 Å². The van der Waals surface area contributed by atoms with E-state index in [1.165, 1.54) is 18.2 Å². The summed E-state index contributed by atoms with van der Waals surface area (Å²) in [5.74, 6) is 0. The lowest BCUT2D eigenvalue weighted by molar-refractivity contribution is -0.384. The zero-order chi connectivity index (χ0) is 10.7. The molecule has 1 rings (SSSR count). The monoisotopic (exact) mass is 218 g/mol. The summed E-state index contributed by atoms with van der Waals surface area (Å²) in [6.45, 7) is -0.172. The second kappa shape index (κ2) is 4.34. The van der Waals surface area contributed by atoms with Gasteiger partial charge in [-0.25, -0.2) is 4.39 Å². The molecule has 0 aliphatic heterocycles. The standard InChI is InChI=1S/C8H8ClFN2O2/c9-6-3-5(7(10)4-11)1-2-8(6)12(13)14/h1-3,7H,4,11H2. The van der Waals surface area contributed by atoms with Crippen molar-refractivity contribution in [2.45, 2.75) is 6.17 Å². The molecule has 0 amide bonds. The van der Waals surface area contributed by atoms with E-state index in [0.717, 1.165) is 0 Å². The lowest BCUT2D eigenvalue weighted by atomic mass is 10.1. The van der Waals surface area contributed by atoms with Gasteiger partial charge < -0.3 is 5.73 Å². The maximum Gasteiger partial charge on any atom is 0.287 e. The fourth-order valence-electron chi connectivity index (χ4n) is 1.00. The molecule has 0 saturated carbocycles. The molecule has 0 fully saturated rings. The van der Waals surface area contributed by atoms with Crippen molar-refractivity contribution >= 4 is 17.3 Å². The second-order valence-electron chi connectivity index (χ2n) is 2.67. The van der Waals surface area contributed by atoms with Gasteiger partial charge in [0.15, 0.2) is 0 Å². The first-order valence-electron chi connectivity index (χ1n) is 3.84. The minimum Gasteiger partial charge on any atom is -0.327 e. The summed E-state index contributed by atoms with van der Waals surface area (Å²) in [7, 11) is 0. The van der Waals surface area contributed by atoms with Gasteiger partial charge in [-0.1, -0.05) is 11.6 Å². The topological polar surface area (TPSA) is 69.2 Å². The number of nitrogens with zero attached hydrogens (tertiary/aromatic N) is 1. The Kier molecular flexibility index (Phi) is 3.38. The van der Waals surface area contributed by atoms with Crippen molar-refractivity contribution in [3.8, 4) is 0 Å². The van der Waals surface area contributed by atoms with E-state index in [9.17, 15) is 14.5 Å². The summed E-state index contributed by atoms with van der Waals surface area (Å²) < 4.78 is 13.0. The van der Waals surface area contributed by atoms with Crippen molar-refractivity contribution in [3.05, 3.63) is 38.9 Å². The molecule has 0 aromatic heterocycles. The van der Waals surface area contributed by atoms with Crippen LogP contribution in [-0.2, 0) is 0 Å². The first-order valence-corrected chi connectivity index (χ1v) is 4.22. The molecule has 0 bridgehead atoms. The Balaban J connectivity index is 3.06. The van der Waals surface area contributed by atoms with Gasteiger partial charge >= 0.3 is 0 Å². The molecule has 14 heavy (non-hydrogen) atoms. The smallest absolute Gasteiger partial charge is 0.287 e. The molecule has 0 heterocycles. The molecule has 6 heteroatoms. The van der Waals surface area contributed by atoms with Gasteiger partial charge in [0.2, 0.25) is 0 Å². The molecule has 0 aliphatic carbocycles. The molecule has 0 aliphatic rings. The Morgan fingerprint density at radius 1 is 1.64 bits per heavy atom. The largest absolute Gasteiger partial charge is 0.327 e. The van der Waals surface area contributed by atoms with Crippen LogP contribution in [0.25, 0.3) is 0 Å². The van der Waals surface area contributed by atoms with Crippen molar-refractivity contribution in [3.63, 3.8) is 0 Å². The van der Waals surface area contributed by atoms with Crippen LogP contribution in [0.15, 0.2) is 18.2 Å². The first-order chi connectivity index (χ1) is 6.56. The summed E-state index contributed by atoms with van der Waals surface area (Å²) >= 11 is 5.58. The van der Waals surface area contributed by atoms with Crippen LogP contribution in [0.3, 0.4) is 0 Å². The van der Waals surface area contributed by atoms with Gasteiger partial charge in [-0.15, -0.1) is 0 Å². The van der Waals surface area contributed by atoms with E-state index in [-0.39, 0.29) is 22.8 Å². The Labute approximate surface area is 84.6 Å². The average molecular weight is 219 g/mol. The number of nitro benzene ring substituents is 1. The normalized spacial score (nSPS) is 12.5. The summed E-state index contributed by atoms with van der Waals surface area (Å²) in [5, 5.41) is 10.3. The maximum absolute atomic E-state index is 13.0. The zero-order valence-electron chi connectivity index (χ0n) is 7.11. The van der Waals surface area contributed by atoms with Crippen LogP contribution in [0, 0.1) is 10.1 Å². The van der Waals surface area contributed by atoms with Gasteiger partial charge in [0, 0.05) is 12.6 Å². The molecule has 76 valence electrons. The van der Waals surface area contributed by atoms with Crippen LogP contribution in [0.5, 0.6) is 0 Å². The highest BCUT2D eigenvalue weighted by Crippen LogP contribution is 2.28. The van der Waals surface area contributed by atoms with Crippen molar-refractivity contribution in [2.24, 2.45) is 5.73 Å². The Morgan fingerprint density at radius 3 is 2.71 bits per heavy atom. The maximum atomic E-state index is 13.0.